The summed E-state index contributed by atoms with van der Waals surface area (Å²) < 4.78 is 2.09. The Hall–Kier alpha value is -2.68. The molecule has 90 valence electrons. The number of nitrogens with zero attached hydrogens (tertiary/aromatic N) is 3. The van der Waals surface area contributed by atoms with Gasteiger partial charge in [0.1, 0.15) is 5.69 Å². The summed E-state index contributed by atoms with van der Waals surface area (Å²) in [6.45, 7) is 0. The van der Waals surface area contributed by atoms with Gasteiger partial charge in [-0.3, -0.25) is 9.38 Å². The highest BCUT2D eigenvalue weighted by atomic mass is 15.0. The van der Waals surface area contributed by atoms with Crippen molar-refractivity contribution in [1.82, 2.24) is 14.4 Å². The van der Waals surface area contributed by atoms with E-state index in [-0.39, 0.29) is 0 Å². The monoisotopic (exact) mass is 245 g/mol. The van der Waals surface area contributed by atoms with Crippen molar-refractivity contribution in [2.75, 3.05) is 0 Å². The zero-order valence-corrected chi connectivity index (χ0v) is 10.2. The van der Waals surface area contributed by atoms with Gasteiger partial charge in [-0.15, -0.1) is 0 Å². The van der Waals surface area contributed by atoms with Crippen LogP contribution in [-0.2, 0) is 0 Å². The third-order valence-corrected chi connectivity index (χ3v) is 3.27. The molecule has 0 aliphatic carbocycles. The summed E-state index contributed by atoms with van der Waals surface area (Å²) in [7, 11) is 0. The largest absolute Gasteiger partial charge is 0.296 e. The maximum absolute atomic E-state index is 4.69. The van der Waals surface area contributed by atoms with E-state index in [1.54, 1.807) is 0 Å². The Morgan fingerprint density at radius 1 is 0.842 bits per heavy atom. The van der Waals surface area contributed by atoms with Crippen LogP contribution in [0.1, 0.15) is 0 Å². The van der Waals surface area contributed by atoms with E-state index in [1.165, 1.54) is 0 Å². The van der Waals surface area contributed by atoms with E-state index in [9.17, 15) is 0 Å². The second-order valence-electron chi connectivity index (χ2n) is 4.44. The summed E-state index contributed by atoms with van der Waals surface area (Å²) in [5.41, 5.74) is 5.00. The van der Waals surface area contributed by atoms with Crippen LogP contribution in [-0.4, -0.2) is 14.4 Å². The Labute approximate surface area is 110 Å². The van der Waals surface area contributed by atoms with Gasteiger partial charge in [-0.25, -0.2) is 4.98 Å². The maximum atomic E-state index is 4.69. The standard InChI is InChI=1S/C16H11N3/c1-2-6-12(7-3-1)15-16-18-13-8-4-5-9-14(13)19(16)11-10-17-15/h1-11H. The van der Waals surface area contributed by atoms with Gasteiger partial charge in [0.15, 0.2) is 5.65 Å². The molecule has 4 aromatic rings. The van der Waals surface area contributed by atoms with Crippen molar-refractivity contribution in [2.24, 2.45) is 0 Å². The molecule has 0 radical (unpaired) electrons. The van der Waals surface area contributed by atoms with Crippen molar-refractivity contribution < 1.29 is 0 Å². The fourth-order valence-corrected chi connectivity index (χ4v) is 2.39. The Morgan fingerprint density at radius 3 is 2.53 bits per heavy atom. The zero-order valence-electron chi connectivity index (χ0n) is 10.2. The Kier molecular flexibility index (Phi) is 2.12. The summed E-state index contributed by atoms with van der Waals surface area (Å²) >= 11 is 0. The van der Waals surface area contributed by atoms with E-state index in [1.807, 2.05) is 48.8 Å². The van der Waals surface area contributed by atoms with Crippen LogP contribution in [0.4, 0.5) is 0 Å². The fraction of sp³-hybridized carbons (Fsp3) is 0. The molecular weight excluding hydrogens is 234 g/mol. The van der Waals surface area contributed by atoms with Crippen molar-refractivity contribution >= 4 is 16.7 Å². The molecule has 0 fully saturated rings. The lowest BCUT2D eigenvalue weighted by molar-refractivity contribution is 1.16. The highest BCUT2D eigenvalue weighted by Crippen LogP contribution is 2.24. The number of hydrogen-bond acceptors (Lipinski definition) is 2. The van der Waals surface area contributed by atoms with Crippen LogP contribution in [0.25, 0.3) is 27.9 Å². The zero-order chi connectivity index (χ0) is 12.7. The van der Waals surface area contributed by atoms with E-state index in [2.05, 4.69) is 27.6 Å². The molecular formula is C16H11N3. The predicted molar refractivity (Wildman–Crippen MR) is 75.9 cm³/mol. The Bertz CT molecular complexity index is 863. The number of benzene rings is 2. The molecule has 4 rings (SSSR count). The Morgan fingerprint density at radius 2 is 1.63 bits per heavy atom. The van der Waals surface area contributed by atoms with Gasteiger partial charge in [-0.05, 0) is 12.1 Å². The topological polar surface area (TPSA) is 30.2 Å². The molecule has 3 nitrogen and oxygen atoms in total. The minimum atomic E-state index is 0.898. The van der Waals surface area contributed by atoms with E-state index in [4.69, 9.17) is 4.98 Å². The summed E-state index contributed by atoms with van der Waals surface area (Å²) in [6.07, 6.45) is 3.78. The van der Waals surface area contributed by atoms with Crippen LogP contribution in [0.5, 0.6) is 0 Å². The lowest BCUT2D eigenvalue weighted by Crippen LogP contribution is -1.91. The number of imidazole rings is 1. The molecule has 2 aromatic carbocycles. The quantitative estimate of drug-likeness (QED) is 0.513. The first kappa shape index (κ1) is 10.3. The molecule has 0 saturated heterocycles. The molecule has 0 spiro atoms. The molecule has 0 amide bonds. The molecule has 0 N–H and O–H groups in total. The normalized spacial score (nSPS) is 11.2. The molecule has 0 unspecified atom stereocenters. The van der Waals surface area contributed by atoms with Gasteiger partial charge in [-0.1, -0.05) is 42.5 Å². The SMILES string of the molecule is c1ccc(-c2nccn3c2nc2ccccc23)cc1. The molecule has 2 aromatic heterocycles. The van der Waals surface area contributed by atoms with E-state index in [0.29, 0.717) is 0 Å². The minimum Gasteiger partial charge on any atom is -0.296 e. The fourth-order valence-electron chi connectivity index (χ4n) is 2.39. The maximum Gasteiger partial charge on any atom is 0.164 e. The van der Waals surface area contributed by atoms with Crippen LogP contribution in [0.3, 0.4) is 0 Å². The lowest BCUT2D eigenvalue weighted by Gasteiger charge is -2.02. The van der Waals surface area contributed by atoms with Gasteiger partial charge in [0.05, 0.1) is 11.0 Å². The Balaban J connectivity index is 2.13. The summed E-state index contributed by atoms with van der Waals surface area (Å²) in [4.78, 5) is 9.18. The summed E-state index contributed by atoms with van der Waals surface area (Å²) in [6, 6.07) is 18.3. The van der Waals surface area contributed by atoms with E-state index in [0.717, 1.165) is 27.9 Å². The average molecular weight is 245 g/mol. The molecule has 2 heterocycles. The summed E-state index contributed by atoms with van der Waals surface area (Å²) in [5.74, 6) is 0. The first-order chi connectivity index (χ1) is 9.43. The highest BCUT2D eigenvalue weighted by Gasteiger charge is 2.10. The first-order valence-corrected chi connectivity index (χ1v) is 6.21. The average Bonchev–Trinajstić information content (AvgIpc) is 2.87. The van der Waals surface area contributed by atoms with Crippen molar-refractivity contribution in [3.63, 3.8) is 0 Å². The van der Waals surface area contributed by atoms with E-state index >= 15 is 0 Å². The number of rotatable bonds is 1. The lowest BCUT2D eigenvalue weighted by atomic mass is 10.1. The van der Waals surface area contributed by atoms with Crippen LogP contribution in [0, 0.1) is 0 Å². The predicted octanol–water partition coefficient (Wildman–Crippen LogP) is 3.55. The molecule has 3 heteroatoms. The van der Waals surface area contributed by atoms with Crippen LogP contribution < -0.4 is 0 Å². The van der Waals surface area contributed by atoms with Gasteiger partial charge < -0.3 is 0 Å². The number of fused-ring (bicyclic) bond motifs is 3. The second-order valence-corrected chi connectivity index (χ2v) is 4.44. The van der Waals surface area contributed by atoms with Crippen LogP contribution in [0.15, 0.2) is 67.0 Å². The molecule has 0 saturated carbocycles. The van der Waals surface area contributed by atoms with Crippen molar-refractivity contribution in [1.29, 1.82) is 0 Å². The first-order valence-electron chi connectivity index (χ1n) is 6.21. The minimum absolute atomic E-state index is 0.898. The van der Waals surface area contributed by atoms with Crippen molar-refractivity contribution in [3.8, 4) is 11.3 Å². The van der Waals surface area contributed by atoms with Gasteiger partial charge in [0.2, 0.25) is 0 Å². The summed E-state index contributed by atoms with van der Waals surface area (Å²) in [5, 5.41) is 0. The molecule has 0 aliphatic heterocycles. The van der Waals surface area contributed by atoms with Gasteiger partial charge >= 0.3 is 0 Å². The molecule has 0 atom stereocenters. The number of aromatic nitrogens is 3. The number of para-hydroxylation sites is 2. The molecule has 0 bridgehead atoms. The van der Waals surface area contributed by atoms with Gasteiger partial charge in [-0.2, -0.15) is 0 Å². The smallest absolute Gasteiger partial charge is 0.164 e. The van der Waals surface area contributed by atoms with Crippen LogP contribution in [0.2, 0.25) is 0 Å². The van der Waals surface area contributed by atoms with Gasteiger partial charge in [0.25, 0.3) is 0 Å². The second kappa shape index (κ2) is 3.92. The van der Waals surface area contributed by atoms with E-state index < -0.39 is 0 Å². The highest BCUT2D eigenvalue weighted by molar-refractivity contribution is 5.85. The number of hydrogen-bond donors (Lipinski definition) is 0. The third-order valence-electron chi connectivity index (χ3n) is 3.27. The molecule has 19 heavy (non-hydrogen) atoms. The van der Waals surface area contributed by atoms with Crippen LogP contribution >= 0.6 is 0 Å². The molecule has 0 aliphatic rings. The third kappa shape index (κ3) is 1.52. The van der Waals surface area contributed by atoms with Crippen molar-refractivity contribution in [2.45, 2.75) is 0 Å². The van der Waals surface area contributed by atoms with Crippen molar-refractivity contribution in [3.05, 3.63) is 67.0 Å². The van der Waals surface area contributed by atoms with Gasteiger partial charge in [0, 0.05) is 18.0 Å².